The van der Waals surface area contributed by atoms with Gasteiger partial charge in [-0.2, -0.15) is 0 Å². The third-order valence-corrected chi connectivity index (χ3v) is 3.44. The van der Waals surface area contributed by atoms with Crippen molar-refractivity contribution in [2.75, 3.05) is 20.1 Å². The fraction of sp³-hybridized carbons (Fsp3) is 0.588. The molecule has 0 atom stereocenters. The molecular weight excluding hydrogens is 387 g/mol. The number of nitrogens with zero attached hydrogens (tertiary/aromatic N) is 2. The molecule has 0 aliphatic rings. The van der Waals surface area contributed by atoms with Crippen LogP contribution in [0.5, 0.6) is 0 Å². The van der Waals surface area contributed by atoms with E-state index in [1.807, 2.05) is 0 Å². The van der Waals surface area contributed by atoms with E-state index in [1.165, 1.54) is 11.1 Å². The third kappa shape index (κ3) is 9.25. The Morgan fingerprint density at radius 3 is 2.64 bits per heavy atom. The van der Waals surface area contributed by atoms with Gasteiger partial charge in [-0.3, -0.25) is 0 Å². The molecule has 0 spiro atoms. The highest BCUT2D eigenvalue weighted by molar-refractivity contribution is 14.0. The van der Waals surface area contributed by atoms with Crippen molar-refractivity contribution >= 4 is 29.9 Å². The van der Waals surface area contributed by atoms with Gasteiger partial charge in [0, 0.05) is 13.1 Å². The van der Waals surface area contributed by atoms with Crippen LogP contribution in [0.3, 0.4) is 0 Å². The number of halogens is 1. The van der Waals surface area contributed by atoms with Crippen molar-refractivity contribution in [1.82, 2.24) is 10.2 Å². The summed E-state index contributed by atoms with van der Waals surface area (Å²) in [5, 5.41) is 3.16. The zero-order valence-corrected chi connectivity index (χ0v) is 16.6. The minimum atomic E-state index is 0. The van der Waals surface area contributed by atoms with Gasteiger partial charge in [0.2, 0.25) is 0 Å². The molecule has 126 valence electrons. The van der Waals surface area contributed by atoms with Crippen LogP contribution in [0.1, 0.15) is 38.3 Å². The second-order valence-corrected chi connectivity index (χ2v) is 5.96. The van der Waals surface area contributed by atoms with Crippen molar-refractivity contribution in [2.45, 2.75) is 40.3 Å². The van der Waals surface area contributed by atoms with Gasteiger partial charge in [-0.15, -0.1) is 24.0 Å². The molecule has 0 aliphatic heterocycles. The van der Waals surface area contributed by atoms with Gasteiger partial charge in [0.25, 0.3) is 0 Å². The van der Waals surface area contributed by atoms with Crippen LogP contribution in [0.15, 0.2) is 29.3 Å². The summed E-state index contributed by atoms with van der Waals surface area (Å²) < 4.78 is 0. The van der Waals surface area contributed by atoms with Crippen molar-refractivity contribution in [3.8, 4) is 0 Å². The number of rotatable bonds is 8. The Kier molecular flexibility index (Phi) is 11.3. The number of hydrogen-bond acceptors (Lipinski definition) is 2. The molecule has 1 aromatic carbocycles. The van der Waals surface area contributed by atoms with Crippen LogP contribution in [0, 0.1) is 5.92 Å². The molecule has 22 heavy (non-hydrogen) atoms. The summed E-state index contributed by atoms with van der Waals surface area (Å²) in [6.45, 7) is 10.1. The van der Waals surface area contributed by atoms with Gasteiger partial charge in [-0.05, 0) is 37.1 Å². The summed E-state index contributed by atoms with van der Waals surface area (Å²) >= 11 is 0. The van der Waals surface area contributed by atoms with Gasteiger partial charge >= 0.3 is 0 Å². The third-order valence-electron chi connectivity index (χ3n) is 3.44. The predicted octanol–water partition coefficient (Wildman–Crippen LogP) is 3.21. The molecule has 0 aromatic heterocycles. The van der Waals surface area contributed by atoms with Gasteiger partial charge in [0.1, 0.15) is 0 Å². The highest BCUT2D eigenvalue weighted by Gasteiger charge is 2.00. The maximum atomic E-state index is 5.88. The van der Waals surface area contributed by atoms with Crippen LogP contribution in [0.25, 0.3) is 0 Å². The summed E-state index contributed by atoms with van der Waals surface area (Å²) in [5.41, 5.74) is 8.40. The smallest absolute Gasteiger partial charge is 0.188 e. The average molecular weight is 418 g/mol. The molecule has 0 radical (unpaired) electrons. The molecule has 5 heteroatoms. The quantitative estimate of drug-likeness (QED) is 0.387. The Labute approximate surface area is 152 Å². The first kappa shape index (κ1) is 21.2. The molecule has 3 N–H and O–H groups in total. The largest absolute Gasteiger partial charge is 0.370 e. The first-order chi connectivity index (χ1) is 10.0. The molecule has 0 fully saturated rings. The van der Waals surface area contributed by atoms with Crippen LogP contribution in [0.4, 0.5) is 0 Å². The number of aliphatic imine (C=N–C) groups is 1. The molecule has 0 saturated heterocycles. The maximum absolute atomic E-state index is 5.88. The number of hydrogen-bond donors (Lipinski definition) is 2. The Hall–Kier alpha value is -0.820. The molecular formula is C17H31IN4. The average Bonchev–Trinajstić information content (AvgIpc) is 2.45. The lowest BCUT2D eigenvalue weighted by Gasteiger charge is -2.14. The number of nitrogens with two attached hydrogens (primary N) is 1. The minimum Gasteiger partial charge on any atom is -0.370 e. The predicted molar refractivity (Wildman–Crippen MR) is 107 cm³/mol. The first-order valence-corrected chi connectivity index (χ1v) is 7.81. The van der Waals surface area contributed by atoms with Gasteiger partial charge in [-0.1, -0.05) is 45.0 Å². The normalized spacial score (nSPS) is 11.6. The lowest BCUT2D eigenvalue weighted by molar-refractivity contribution is 0.345. The molecule has 0 bridgehead atoms. The first-order valence-electron chi connectivity index (χ1n) is 7.81. The molecule has 0 heterocycles. The van der Waals surface area contributed by atoms with E-state index < -0.39 is 0 Å². The van der Waals surface area contributed by atoms with E-state index in [4.69, 9.17) is 5.73 Å². The molecule has 0 aliphatic carbocycles. The highest BCUT2D eigenvalue weighted by atomic mass is 127. The second kappa shape index (κ2) is 11.7. The Balaban J connectivity index is 0.00000441. The topological polar surface area (TPSA) is 53.6 Å². The zero-order valence-electron chi connectivity index (χ0n) is 14.3. The van der Waals surface area contributed by atoms with Gasteiger partial charge in [-0.25, -0.2) is 4.99 Å². The monoisotopic (exact) mass is 418 g/mol. The molecule has 4 nitrogen and oxygen atoms in total. The maximum Gasteiger partial charge on any atom is 0.188 e. The Morgan fingerprint density at radius 1 is 1.32 bits per heavy atom. The minimum absolute atomic E-state index is 0. The van der Waals surface area contributed by atoms with Crippen molar-refractivity contribution in [2.24, 2.45) is 16.6 Å². The van der Waals surface area contributed by atoms with E-state index in [9.17, 15) is 0 Å². The number of guanidine groups is 1. The molecule has 0 amide bonds. The van der Waals surface area contributed by atoms with Gasteiger partial charge in [0.05, 0.1) is 6.54 Å². The van der Waals surface area contributed by atoms with Crippen molar-refractivity contribution in [3.63, 3.8) is 0 Å². The summed E-state index contributed by atoms with van der Waals surface area (Å²) in [6.07, 6.45) is 1.11. The Bertz CT molecular complexity index is 446. The lowest BCUT2D eigenvalue weighted by Crippen LogP contribution is -2.32. The van der Waals surface area contributed by atoms with Crippen molar-refractivity contribution in [3.05, 3.63) is 35.4 Å². The number of benzene rings is 1. The van der Waals surface area contributed by atoms with E-state index in [-0.39, 0.29) is 24.0 Å². The van der Waals surface area contributed by atoms with Crippen LogP contribution in [-0.4, -0.2) is 31.0 Å². The lowest BCUT2D eigenvalue weighted by atomic mass is 10.1. The Morgan fingerprint density at radius 2 is 2.00 bits per heavy atom. The molecule has 0 saturated carbocycles. The summed E-state index contributed by atoms with van der Waals surface area (Å²) in [7, 11) is 2.13. The fourth-order valence-corrected chi connectivity index (χ4v) is 1.97. The van der Waals surface area contributed by atoms with Crippen LogP contribution < -0.4 is 11.1 Å². The van der Waals surface area contributed by atoms with Crippen molar-refractivity contribution < 1.29 is 0 Å². The summed E-state index contributed by atoms with van der Waals surface area (Å²) in [5.74, 6) is 1.21. The van der Waals surface area contributed by atoms with Crippen molar-refractivity contribution in [1.29, 1.82) is 0 Å². The fourth-order valence-electron chi connectivity index (χ4n) is 1.97. The SMILES string of the molecule is CCN(C)Cc1cccc(CN=C(N)NCCC(C)C)c1.I. The van der Waals surface area contributed by atoms with Crippen LogP contribution in [0.2, 0.25) is 0 Å². The summed E-state index contributed by atoms with van der Waals surface area (Å²) in [4.78, 5) is 6.68. The van der Waals surface area contributed by atoms with Crippen LogP contribution in [-0.2, 0) is 13.1 Å². The molecule has 1 rings (SSSR count). The highest BCUT2D eigenvalue weighted by Crippen LogP contribution is 2.08. The molecule has 1 aromatic rings. The number of nitrogens with one attached hydrogen (secondary N) is 1. The van der Waals surface area contributed by atoms with E-state index in [2.05, 4.69) is 67.3 Å². The van der Waals surface area contributed by atoms with Gasteiger partial charge in [0.15, 0.2) is 5.96 Å². The van der Waals surface area contributed by atoms with Gasteiger partial charge < -0.3 is 16.0 Å². The zero-order chi connectivity index (χ0) is 15.7. The molecule has 0 unspecified atom stereocenters. The van der Waals surface area contributed by atoms with E-state index in [1.54, 1.807) is 0 Å². The van der Waals surface area contributed by atoms with E-state index in [0.717, 1.165) is 26.1 Å². The standard InChI is InChI=1S/C17H30N4.HI/c1-5-21(4)13-16-8-6-7-15(11-16)12-20-17(18)19-10-9-14(2)3;/h6-8,11,14H,5,9-10,12-13H2,1-4H3,(H3,18,19,20);1H. The van der Waals surface area contributed by atoms with Crippen LogP contribution >= 0.6 is 24.0 Å². The van der Waals surface area contributed by atoms with E-state index >= 15 is 0 Å². The van der Waals surface area contributed by atoms with E-state index in [0.29, 0.717) is 18.4 Å². The second-order valence-electron chi connectivity index (χ2n) is 5.96. The summed E-state index contributed by atoms with van der Waals surface area (Å²) in [6, 6.07) is 8.55.